The van der Waals surface area contributed by atoms with E-state index in [-0.39, 0.29) is 0 Å². The lowest BCUT2D eigenvalue weighted by Crippen LogP contribution is -2.67. The number of hydrogen-bond donors (Lipinski definition) is 2. The summed E-state index contributed by atoms with van der Waals surface area (Å²) in [5.74, 6) is 0.995. The fourth-order valence-corrected chi connectivity index (χ4v) is 4.76. The van der Waals surface area contributed by atoms with Gasteiger partial charge in [-0.2, -0.15) is 0 Å². The first-order valence-electron chi connectivity index (χ1n) is 10.1. The first kappa shape index (κ1) is 18.0. The third-order valence-corrected chi connectivity index (χ3v) is 6.13. The van der Waals surface area contributed by atoms with Gasteiger partial charge in [-0.25, -0.2) is 0 Å². The Morgan fingerprint density at radius 2 is 1.88 bits per heavy atom. The van der Waals surface area contributed by atoms with E-state index in [2.05, 4.69) is 24.5 Å². The number of guanidine groups is 1. The molecule has 2 aliphatic carbocycles. The molecule has 1 saturated heterocycles. The first-order chi connectivity index (χ1) is 11.8. The topological polar surface area (TPSA) is 54.9 Å². The van der Waals surface area contributed by atoms with Gasteiger partial charge in [0.1, 0.15) is 0 Å². The molecule has 1 spiro atoms. The van der Waals surface area contributed by atoms with Crippen molar-refractivity contribution in [1.82, 2.24) is 10.6 Å². The monoisotopic (exact) mass is 337 g/mol. The lowest BCUT2D eigenvalue weighted by molar-refractivity contribution is -0.145. The average Bonchev–Trinajstić information content (AvgIpc) is 2.62. The quantitative estimate of drug-likeness (QED) is 0.598. The highest BCUT2D eigenvalue weighted by Gasteiger charge is 2.55. The first-order valence-corrected chi connectivity index (χ1v) is 10.1. The average molecular weight is 338 g/mol. The minimum atomic E-state index is 0.333. The third-order valence-electron chi connectivity index (χ3n) is 6.13. The lowest BCUT2D eigenvalue weighted by atomic mass is 9.55. The van der Waals surface area contributed by atoms with Crippen molar-refractivity contribution in [2.75, 3.05) is 26.4 Å². The highest BCUT2D eigenvalue weighted by Crippen LogP contribution is 2.53. The van der Waals surface area contributed by atoms with Crippen molar-refractivity contribution in [2.24, 2.45) is 10.4 Å². The molecule has 1 heterocycles. The molecule has 3 aliphatic rings. The van der Waals surface area contributed by atoms with Crippen molar-refractivity contribution in [2.45, 2.75) is 83.4 Å². The predicted molar refractivity (Wildman–Crippen MR) is 97.4 cm³/mol. The van der Waals surface area contributed by atoms with E-state index in [1.165, 1.54) is 32.1 Å². The molecule has 0 aromatic heterocycles. The Morgan fingerprint density at radius 3 is 2.54 bits per heavy atom. The van der Waals surface area contributed by atoms with Gasteiger partial charge in [0.2, 0.25) is 0 Å². The van der Waals surface area contributed by atoms with E-state index in [4.69, 9.17) is 14.5 Å². The number of hydrogen-bond acceptors (Lipinski definition) is 3. The molecule has 2 unspecified atom stereocenters. The maximum absolute atomic E-state index is 6.08. The molecular weight excluding hydrogens is 302 g/mol. The molecule has 24 heavy (non-hydrogen) atoms. The highest BCUT2D eigenvalue weighted by molar-refractivity contribution is 5.80. The van der Waals surface area contributed by atoms with Gasteiger partial charge in [0.15, 0.2) is 5.96 Å². The summed E-state index contributed by atoms with van der Waals surface area (Å²) >= 11 is 0. The zero-order valence-electron chi connectivity index (χ0n) is 15.5. The molecule has 2 N–H and O–H groups in total. The van der Waals surface area contributed by atoms with Crippen LogP contribution in [0.25, 0.3) is 0 Å². The van der Waals surface area contributed by atoms with E-state index in [1.54, 1.807) is 0 Å². The summed E-state index contributed by atoms with van der Waals surface area (Å²) in [5.41, 5.74) is 0.333. The fraction of sp³-hybridized carbons (Fsp3) is 0.947. The number of rotatable bonds is 5. The van der Waals surface area contributed by atoms with E-state index in [1.807, 2.05) is 0 Å². The molecule has 1 aliphatic heterocycles. The minimum Gasteiger partial charge on any atom is -0.381 e. The number of nitrogens with one attached hydrogen (secondary N) is 2. The summed E-state index contributed by atoms with van der Waals surface area (Å²) in [6.07, 6.45) is 10.4. The molecule has 0 aromatic rings. The zero-order chi connectivity index (χ0) is 16.8. The minimum absolute atomic E-state index is 0.333. The van der Waals surface area contributed by atoms with Crippen LogP contribution in [0, 0.1) is 5.41 Å². The molecule has 3 rings (SSSR count). The van der Waals surface area contributed by atoms with Crippen LogP contribution in [0.15, 0.2) is 4.99 Å². The van der Waals surface area contributed by atoms with Crippen molar-refractivity contribution in [3.8, 4) is 0 Å². The lowest BCUT2D eigenvalue weighted by Gasteiger charge is -2.58. The molecule has 0 aromatic carbocycles. The van der Waals surface area contributed by atoms with Crippen molar-refractivity contribution in [3.63, 3.8) is 0 Å². The fourth-order valence-electron chi connectivity index (χ4n) is 4.76. The molecule has 3 fully saturated rings. The van der Waals surface area contributed by atoms with Crippen LogP contribution in [0.3, 0.4) is 0 Å². The normalized spacial score (nSPS) is 30.8. The number of nitrogens with zero attached hydrogens (tertiary/aromatic N) is 1. The van der Waals surface area contributed by atoms with Gasteiger partial charge in [-0.05, 0) is 46.0 Å². The summed E-state index contributed by atoms with van der Waals surface area (Å²) in [5, 5.41) is 7.41. The maximum Gasteiger partial charge on any atom is 0.191 e. The molecule has 5 nitrogen and oxygen atoms in total. The third kappa shape index (κ3) is 3.88. The molecule has 0 radical (unpaired) electrons. The SMILES string of the molecule is CCN=C(NC1CCOCC1)NC1CC(OCC)C12CCCCC2. The van der Waals surface area contributed by atoms with Crippen LogP contribution in [0.4, 0.5) is 0 Å². The maximum atomic E-state index is 6.08. The van der Waals surface area contributed by atoms with Gasteiger partial charge in [0, 0.05) is 43.9 Å². The molecule has 0 bridgehead atoms. The van der Waals surface area contributed by atoms with Crippen molar-refractivity contribution < 1.29 is 9.47 Å². The van der Waals surface area contributed by atoms with Crippen LogP contribution >= 0.6 is 0 Å². The Balaban J connectivity index is 1.62. The summed E-state index contributed by atoms with van der Waals surface area (Å²) < 4.78 is 11.5. The van der Waals surface area contributed by atoms with Gasteiger partial charge in [0.25, 0.3) is 0 Å². The summed E-state index contributed by atoms with van der Waals surface area (Å²) in [6, 6.07) is 0.994. The zero-order valence-corrected chi connectivity index (χ0v) is 15.5. The van der Waals surface area contributed by atoms with E-state index < -0.39 is 0 Å². The standard InChI is InChI=1S/C19H35N3O2/c1-3-20-18(21-15-8-12-23-13-9-15)22-16-14-17(24-4-2)19(16)10-6-5-7-11-19/h15-17H,3-14H2,1-2H3,(H2,20,21,22). The van der Waals surface area contributed by atoms with Crippen molar-refractivity contribution >= 4 is 5.96 Å². The largest absolute Gasteiger partial charge is 0.381 e. The van der Waals surface area contributed by atoms with Gasteiger partial charge in [-0.3, -0.25) is 4.99 Å². The van der Waals surface area contributed by atoms with Gasteiger partial charge < -0.3 is 20.1 Å². The van der Waals surface area contributed by atoms with Crippen molar-refractivity contribution in [1.29, 1.82) is 0 Å². The second kappa shape index (κ2) is 8.52. The molecule has 2 atom stereocenters. The van der Waals surface area contributed by atoms with Crippen LogP contribution in [0.5, 0.6) is 0 Å². The molecule has 138 valence electrons. The van der Waals surface area contributed by atoms with Gasteiger partial charge in [0.05, 0.1) is 6.10 Å². The van der Waals surface area contributed by atoms with Gasteiger partial charge in [-0.15, -0.1) is 0 Å². The molecule has 0 amide bonds. The van der Waals surface area contributed by atoms with E-state index in [0.29, 0.717) is 23.6 Å². The van der Waals surface area contributed by atoms with E-state index in [9.17, 15) is 0 Å². The Kier molecular flexibility index (Phi) is 6.39. The number of ether oxygens (including phenoxy) is 2. The van der Waals surface area contributed by atoms with Crippen LogP contribution in [0.2, 0.25) is 0 Å². The highest BCUT2D eigenvalue weighted by atomic mass is 16.5. The molecule has 5 heteroatoms. The van der Waals surface area contributed by atoms with Crippen LogP contribution < -0.4 is 10.6 Å². The Hall–Kier alpha value is -0.810. The van der Waals surface area contributed by atoms with Gasteiger partial charge >= 0.3 is 0 Å². The van der Waals surface area contributed by atoms with E-state index in [0.717, 1.165) is 51.6 Å². The van der Waals surface area contributed by atoms with E-state index >= 15 is 0 Å². The predicted octanol–water partition coefficient (Wildman–Crippen LogP) is 2.85. The summed E-state index contributed by atoms with van der Waals surface area (Å²) in [4.78, 5) is 4.70. The Morgan fingerprint density at radius 1 is 1.12 bits per heavy atom. The second-order valence-electron chi connectivity index (χ2n) is 7.52. The van der Waals surface area contributed by atoms with Crippen LogP contribution in [-0.4, -0.2) is 50.5 Å². The number of aliphatic imine (C=N–C) groups is 1. The Labute approximate surface area is 147 Å². The summed E-state index contributed by atoms with van der Waals surface area (Å²) in [7, 11) is 0. The second-order valence-corrected chi connectivity index (χ2v) is 7.52. The van der Waals surface area contributed by atoms with Crippen molar-refractivity contribution in [3.05, 3.63) is 0 Å². The smallest absolute Gasteiger partial charge is 0.191 e. The van der Waals surface area contributed by atoms with Crippen LogP contribution in [0.1, 0.15) is 65.2 Å². The Bertz CT molecular complexity index is 415. The summed E-state index contributed by atoms with van der Waals surface area (Å²) in [6.45, 7) is 7.58. The molecular formula is C19H35N3O2. The van der Waals surface area contributed by atoms with Gasteiger partial charge in [-0.1, -0.05) is 19.3 Å². The molecule has 2 saturated carbocycles. The van der Waals surface area contributed by atoms with Crippen LogP contribution in [-0.2, 0) is 9.47 Å².